The molecule has 0 bridgehead atoms. The van der Waals surface area contributed by atoms with Crippen LogP contribution < -0.4 is 16.4 Å². The molecule has 0 aliphatic heterocycles. The number of carboxylic acids is 1. The largest absolute Gasteiger partial charge is 0.480 e. The van der Waals surface area contributed by atoms with Crippen LogP contribution in [0.1, 0.15) is 17.5 Å². The van der Waals surface area contributed by atoms with Crippen LogP contribution in [-0.4, -0.2) is 29.1 Å². The minimum absolute atomic E-state index is 0.463. The topological polar surface area (TPSA) is 122 Å². The van der Waals surface area contributed by atoms with E-state index < -0.39 is 30.4 Å². The molecule has 0 spiro atoms. The zero-order valence-corrected chi connectivity index (χ0v) is 11.3. The molecule has 1 aromatic rings. The van der Waals surface area contributed by atoms with E-state index in [0.717, 1.165) is 11.1 Å². The number of nitrogens with two attached hydrogens (primary N) is 1. The number of urea groups is 1. The Morgan fingerprint density at radius 1 is 1.20 bits per heavy atom. The van der Waals surface area contributed by atoms with Gasteiger partial charge in [0.25, 0.3) is 0 Å². The van der Waals surface area contributed by atoms with Crippen LogP contribution in [0.2, 0.25) is 0 Å². The predicted octanol–water partition coefficient (Wildman–Crippen LogP) is 0.754. The average Bonchev–Trinajstić information content (AvgIpc) is 2.25. The van der Waals surface area contributed by atoms with E-state index in [9.17, 15) is 14.4 Å². The van der Waals surface area contributed by atoms with Gasteiger partial charge in [0, 0.05) is 5.69 Å². The zero-order chi connectivity index (χ0) is 15.3. The maximum absolute atomic E-state index is 11.7. The maximum atomic E-state index is 11.7. The van der Waals surface area contributed by atoms with Crippen molar-refractivity contribution in [3.8, 4) is 0 Å². The van der Waals surface area contributed by atoms with Gasteiger partial charge in [0.1, 0.15) is 6.04 Å². The predicted molar refractivity (Wildman–Crippen MR) is 73.3 cm³/mol. The highest BCUT2D eigenvalue weighted by Crippen LogP contribution is 2.13. The summed E-state index contributed by atoms with van der Waals surface area (Å²) in [4.78, 5) is 33.3. The van der Waals surface area contributed by atoms with Crippen molar-refractivity contribution >= 4 is 23.6 Å². The zero-order valence-electron chi connectivity index (χ0n) is 11.3. The fourth-order valence-corrected chi connectivity index (χ4v) is 1.77. The summed E-state index contributed by atoms with van der Waals surface area (Å²) in [7, 11) is 0. The lowest BCUT2D eigenvalue weighted by Crippen LogP contribution is -2.45. The van der Waals surface area contributed by atoms with Gasteiger partial charge in [0.2, 0.25) is 5.91 Å². The number of aryl methyl sites for hydroxylation is 2. The van der Waals surface area contributed by atoms with Gasteiger partial charge in [-0.2, -0.15) is 0 Å². The first kappa shape index (κ1) is 15.5. The Morgan fingerprint density at radius 3 is 2.20 bits per heavy atom. The van der Waals surface area contributed by atoms with Crippen LogP contribution >= 0.6 is 0 Å². The number of nitrogens with one attached hydrogen (secondary N) is 2. The van der Waals surface area contributed by atoms with Crippen molar-refractivity contribution in [1.82, 2.24) is 5.32 Å². The average molecular weight is 279 g/mol. The van der Waals surface area contributed by atoms with Crippen LogP contribution in [0.4, 0.5) is 10.5 Å². The SMILES string of the molecule is Cc1cc(C)cc(NC(=O)NC(CC(N)=O)C(=O)O)c1. The Hall–Kier alpha value is -2.57. The van der Waals surface area contributed by atoms with E-state index in [-0.39, 0.29) is 0 Å². The number of hydrogen-bond donors (Lipinski definition) is 4. The number of carbonyl (C=O) groups is 3. The number of primary amides is 1. The van der Waals surface area contributed by atoms with Gasteiger partial charge >= 0.3 is 12.0 Å². The van der Waals surface area contributed by atoms with Crippen LogP contribution in [0.25, 0.3) is 0 Å². The number of amides is 3. The first-order chi connectivity index (χ1) is 9.27. The van der Waals surface area contributed by atoms with Crippen molar-refractivity contribution in [2.45, 2.75) is 26.3 Å². The van der Waals surface area contributed by atoms with Gasteiger partial charge in [0.15, 0.2) is 0 Å². The molecule has 0 saturated heterocycles. The Morgan fingerprint density at radius 2 is 1.75 bits per heavy atom. The molecule has 108 valence electrons. The number of carboxylic acid groups (broad SMARTS) is 1. The van der Waals surface area contributed by atoms with Crippen LogP contribution in [0.3, 0.4) is 0 Å². The Labute approximate surface area is 116 Å². The Balaban J connectivity index is 2.70. The summed E-state index contributed by atoms with van der Waals surface area (Å²) in [5.74, 6) is -2.12. The lowest BCUT2D eigenvalue weighted by molar-refractivity contribution is -0.140. The Kier molecular flexibility index (Phi) is 5.08. The summed E-state index contributed by atoms with van der Waals surface area (Å²) >= 11 is 0. The second kappa shape index (κ2) is 6.55. The quantitative estimate of drug-likeness (QED) is 0.635. The number of anilines is 1. The molecule has 3 amide bonds. The number of rotatable bonds is 5. The highest BCUT2D eigenvalue weighted by molar-refractivity contribution is 5.93. The minimum atomic E-state index is -1.35. The fraction of sp³-hybridized carbons (Fsp3) is 0.308. The monoisotopic (exact) mass is 279 g/mol. The third-order valence-corrected chi connectivity index (χ3v) is 2.49. The standard InChI is InChI=1S/C13H17N3O4/c1-7-3-8(2)5-9(4-7)15-13(20)16-10(12(18)19)6-11(14)17/h3-5,10H,6H2,1-2H3,(H2,14,17)(H,18,19)(H2,15,16,20). The van der Waals surface area contributed by atoms with Gasteiger partial charge in [-0.25, -0.2) is 9.59 Å². The van der Waals surface area contributed by atoms with Gasteiger partial charge in [-0.15, -0.1) is 0 Å². The molecule has 7 heteroatoms. The van der Waals surface area contributed by atoms with Crippen LogP contribution in [-0.2, 0) is 9.59 Å². The van der Waals surface area contributed by atoms with E-state index in [1.54, 1.807) is 12.1 Å². The third-order valence-electron chi connectivity index (χ3n) is 2.49. The van der Waals surface area contributed by atoms with Crippen LogP contribution in [0.15, 0.2) is 18.2 Å². The van der Waals surface area contributed by atoms with Crippen molar-refractivity contribution in [2.75, 3.05) is 5.32 Å². The molecular formula is C13H17N3O4. The Bertz CT molecular complexity index is 522. The fourth-order valence-electron chi connectivity index (χ4n) is 1.77. The second-order valence-electron chi connectivity index (χ2n) is 4.54. The third kappa shape index (κ3) is 4.97. The molecule has 0 heterocycles. The van der Waals surface area contributed by atoms with Gasteiger partial charge in [-0.3, -0.25) is 4.79 Å². The molecule has 20 heavy (non-hydrogen) atoms. The molecule has 0 aromatic heterocycles. The van der Waals surface area contributed by atoms with E-state index in [1.807, 2.05) is 19.9 Å². The number of carbonyl (C=O) groups excluding carboxylic acids is 2. The van der Waals surface area contributed by atoms with E-state index in [0.29, 0.717) is 5.69 Å². The van der Waals surface area contributed by atoms with E-state index in [2.05, 4.69) is 10.6 Å². The van der Waals surface area contributed by atoms with Crippen molar-refractivity contribution in [1.29, 1.82) is 0 Å². The highest BCUT2D eigenvalue weighted by atomic mass is 16.4. The smallest absolute Gasteiger partial charge is 0.326 e. The molecule has 7 nitrogen and oxygen atoms in total. The van der Waals surface area contributed by atoms with E-state index in [4.69, 9.17) is 10.8 Å². The molecule has 0 saturated carbocycles. The lowest BCUT2D eigenvalue weighted by Gasteiger charge is -2.14. The molecule has 1 unspecified atom stereocenters. The summed E-state index contributed by atoms with van der Waals surface area (Å²) < 4.78 is 0. The molecule has 1 atom stereocenters. The van der Waals surface area contributed by atoms with Gasteiger partial charge in [-0.05, 0) is 37.1 Å². The van der Waals surface area contributed by atoms with Crippen LogP contribution in [0.5, 0.6) is 0 Å². The number of benzene rings is 1. The summed E-state index contributed by atoms with van der Waals surface area (Å²) in [5.41, 5.74) is 7.40. The number of aliphatic carboxylic acids is 1. The molecule has 5 N–H and O–H groups in total. The van der Waals surface area contributed by atoms with Crippen molar-refractivity contribution < 1.29 is 19.5 Å². The lowest BCUT2D eigenvalue weighted by atomic mass is 10.1. The molecule has 0 aliphatic rings. The first-order valence-corrected chi connectivity index (χ1v) is 5.95. The van der Waals surface area contributed by atoms with Gasteiger partial charge < -0.3 is 21.5 Å². The van der Waals surface area contributed by atoms with Gasteiger partial charge in [0.05, 0.1) is 6.42 Å². The first-order valence-electron chi connectivity index (χ1n) is 5.95. The molecular weight excluding hydrogens is 262 g/mol. The van der Waals surface area contributed by atoms with E-state index >= 15 is 0 Å². The van der Waals surface area contributed by atoms with Gasteiger partial charge in [-0.1, -0.05) is 6.07 Å². The summed E-state index contributed by atoms with van der Waals surface area (Å²) in [6.45, 7) is 3.76. The van der Waals surface area contributed by atoms with Crippen LogP contribution in [0, 0.1) is 13.8 Å². The molecule has 0 radical (unpaired) electrons. The molecule has 1 rings (SSSR count). The maximum Gasteiger partial charge on any atom is 0.326 e. The van der Waals surface area contributed by atoms with E-state index in [1.165, 1.54) is 0 Å². The van der Waals surface area contributed by atoms with Crippen molar-refractivity contribution in [2.24, 2.45) is 5.73 Å². The van der Waals surface area contributed by atoms with Crippen molar-refractivity contribution in [3.63, 3.8) is 0 Å². The normalized spacial score (nSPS) is 11.5. The highest BCUT2D eigenvalue weighted by Gasteiger charge is 2.22. The van der Waals surface area contributed by atoms with Crippen molar-refractivity contribution in [3.05, 3.63) is 29.3 Å². The second-order valence-corrected chi connectivity index (χ2v) is 4.54. The summed E-state index contributed by atoms with van der Waals surface area (Å²) in [6, 6.07) is 3.38. The molecule has 0 fully saturated rings. The number of hydrogen-bond acceptors (Lipinski definition) is 3. The summed E-state index contributed by atoms with van der Waals surface area (Å²) in [5, 5.41) is 13.6. The minimum Gasteiger partial charge on any atom is -0.480 e. The summed E-state index contributed by atoms with van der Waals surface area (Å²) in [6.07, 6.45) is -0.463. The molecule has 0 aliphatic carbocycles. The molecule has 1 aromatic carbocycles.